The molecule has 0 aliphatic carbocycles. The second-order valence-corrected chi connectivity index (χ2v) is 7.49. The van der Waals surface area contributed by atoms with Crippen LogP contribution in [0.4, 0.5) is 5.69 Å². The summed E-state index contributed by atoms with van der Waals surface area (Å²) in [6.07, 6.45) is 0.625. The van der Waals surface area contributed by atoms with Gasteiger partial charge in [0.2, 0.25) is 10.0 Å². The minimum absolute atomic E-state index is 0.0566. The molecular weight excluding hydrogens is 340 g/mol. The van der Waals surface area contributed by atoms with Gasteiger partial charge < -0.3 is 9.64 Å². The third-order valence-corrected chi connectivity index (χ3v) is 5.47. The minimum atomic E-state index is -3.57. The van der Waals surface area contributed by atoms with E-state index in [9.17, 15) is 13.2 Å². The zero-order valence-electron chi connectivity index (χ0n) is 13.7. The van der Waals surface area contributed by atoms with E-state index < -0.39 is 10.0 Å². The predicted octanol–water partition coefficient (Wildman–Crippen LogP) is 1.57. The van der Waals surface area contributed by atoms with E-state index in [4.69, 9.17) is 4.74 Å². The molecule has 25 heavy (non-hydrogen) atoms. The van der Waals surface area contributed by atoms with Gasteiger partial charge in [-0.2, -0.15) is 0 Å². The molecule has 0 unspecified atom stereocenters. The Hall–Kier alpha value is -2.22. The van der Waals surface area contributed by atoms with Crippen molar-refractivity contribution in [3.8, 4) is 0 Å². The van der Waals surface area contributed by atoms with Crippen LogP contribution in [0.1, 0.15) is 5.56 Å². The van der Waals surface area contributed by atoms with E-state index in [0.717, 1.165) is 5.56 Å². The molecule has 1 heterocycles. The highest BCUT2D eigenvalue weighted by Crippen LogP contribution is 2.19. The van der Waals surface area contributed by atoms with Crippen molar-refractivity contribution in [2.45, 2.75) is 11.3 Å². The lowest BCUT2D eigenvalue weighted by molar-refractivity contribution is -0.125. The number of sulfonamides is 1. The number of benzene rings is 2. The van der Waals surface area contributed by atoms with Gasteiger partial charge in [0.1, 0.15) is 6.61 Å². The molecule has 1 N–H and O–H groups in total. The average molecular weight is 360 g/mol. The maximum Gasteiger partial charge on any atom is 0.253 e. The summed E-state index contributed by atoms with van der Waals surface area (Å²) >= 11 is 0. The molecule has 1 aliphatic rings. The van der Waals surface area contributed by atoms with E-state index >= 15 is 0 Å². The molecule has 3 rings (SSSR count). The van der Waals surface area contributed by atoms with Crippen molar-refractivity contribution in [3.63, 3.8) is 0 Å². The van der Waals surface area contributed by atoms with Gasteiger partial charge >= 0.3 is 0 Å². The SMILES string of the molecule is O=C1COCCN1c1ccc(S(=O)(=O)NCCc2ccccc2)cc1. The molecule has 0 radical (unpaired) electrons. The first kappa shape index (κ1) is 17.6. The summed E-state index contributed by atoms with van der Waals surface area (Å²) in [5, 5.41) is 0. The fraction of sp³-hybridized carbons (Fsp3) is 0.278. The van der Waals surface area contributed by atoms with Gasteiger partial charge in [0.15, 0.2) is 0 Å². The molecule has 0 atom stereocenters. The van der Waals surface area contributed by atoms with Gasteiger partial charge in [-0.3, -0.25) is 4.79 Å². The third kappa shape index (κ3) is 4.45. The summed E-state index contributed by atoms with van der Waals surface area (Å²) < 4.78 is 32.4. The Morgan fingerprint density at radius 3 is 2.44 bits per heavy atom. The van der Waals surface area contributed by atoms with E-state index in [1.807, 2.05) is 30.3 Å². The number of ether oxygens (including phenoxy) is 1. The number of anilines is 1. The van der Waals surface area contributed by atoms with Crippen molar-refractivity contribution < 1.29 is 17.9 Å². The molecule has 0 bridgehead atoms. The summed E-state index contributed by atoms with van der Waals surface area (Å²) in [4.78, 5) is 13.6. The quantitative estimate of drug-likeness (QED) is 0.848. The van der Waals surface area contributed by atoms with Gasteiger partial charge in [-0.15, -0.1) is 0 Å². The van der Waals surface area contributed by atoms with Crippen LogP contribution in [-0.2, 0) is 26.0 Å². The van der Waals surface area contributed by atoms with Gasteiger partial charge in [0.05, 0.1) is 11.5 Å². The fourth-order valence-electron chi connectivity index (χ4n) is 2.65. The summed E-state index contributed by atoms with van der Waals surface area (Å²) in [5.41, 5.74) is 1.75. The van der Waals surface area contributed by atoms with Crippen LogP contribution in [-0.4, -0.2) is 40.6 Å². The zero-order chi connectivity index (χ0) is 17.7. The maximum atomic E-state index is 12.4. The topological polar surface area (TPSA) is 75.7 Å². The lowest BCUT2D eigenvalue weighted by Crippen LogP contribution is -2.41. The van der Waals surface area contributed by atoms with Crippen LogP contribution in [0.5, 0.6) is 0 Å². The molecule has 6 nitrogen and oxygen atoms in total. The number of amides is 1. The third-order valence-electron chi connectivity index (χ3n) is 3.99. The number of carbonyl (C=O) groups is 1. The number of rotatable bonds is 6. The van der Waals surface area contributed by atoms with E-state index in [0.29, 0.717) is 31.8 Å². The van der Waals surface area contributed by atoms with Crippen molar-refractivity contribution in [1.82, 2.24) is 4.72 Å². The predicted molar refractivity (Wildman–Crippen MR) is 94.9 cm³/mol. The molecule has 0 saturated carbocycles. The second-order valence-electron chi connectivity index (χ2n) is 5.73. The molecule has 1 aliphatic heterocycles. The molecule has 1 saturated heterocycles. The monoisotopic (exact) mass is 360 g/mol. The Morgan fingerprint density at radius 2 is 1.76 bits per heavy atom. The zero-order valence-corrected chi connectivity index (χ0v) is 14.5. The molecule has 1 amide bonds. The van der Waals surface area contributed by atoms with E-state index in [1.54, 1.807) is 17.0 Å². The van der Waals surface area contributed by atoms with Crippen molar-refractivity contribution in [3.05, 3.63) is 60.2 Å². The number of morpholine rings is 1. The summed E-state index contributed by atoms with van der Waals surface area (Å²) in [6.45, 7) is 1.34. The average Bonchev–Trinajstić information content (AvgIpc) is 2.63. The van der Waals surface area contributed by atoms with E-state index in [2.05, 4.69) is 4.72 Å². The smallest absolute Gasteiger partial charge is 0.253 e. The first-order valence-corrected chi connectivity index (χ1v) is 9.56. The lowest BCUT2D eigenvalue weighted by atomic mass is 10.2. The van der Waals surface area contributed by atoms with Crippen molar-refractivity contribution >= 4 is 21.6 Å². The number of hydrogen-bond acceptors (Lipinski definition) is 4. The molecule has 0 spiro atoms. The highest BCUT2D eigenvalue weighted by Gasteiger charge is 2.21. The highest BCUT2D eigenvalue weighted by molar-refractivity contribution is 7.89. The van der Waals surface area contributed by atoms with Gasteiger partial charge in [-0.05, 0) is 36.2 Å². The van der Waals surface area contributed by atoms with Gasteiger partial charge in [-0.1, -0.05) is 30.3 Å². The maximum absolute atomic E-state index is 12.4. The van der Waals surface area contributed by atoms with Gasteiger partial charge in [0, 0.05) is 18.8 Å². The summed E-state index contributed by atoms with van der Waals surface area (Å²) in [5.74, 6) is -0.122. The van der Waals surface area contributed by atoms with E-state index in [-0.39, 0.29) is 17.4 Å². The molecule has 2 aromatic rings. The lowest BCUT2D eigenvalue weighted by Gasteiger charge is -2.26. The van der Waals surface area contributed by atoms with Crippen LogP contribution in [0.25, 0.3) is 0 Å². The molecule has 2 aromatic carbocycles. The first-order valence-electron chi connectivity index (χ1n) is 8.08. The van der Waals surface area contributed by atoms with Crippen molar-refractivity contribution in [2.24, 2.45) is 0 Å². The Bertz CT molecular complexity index is 820. The van der Waals surface area contributed by atoms with Crippen LogP contribution < -0.4 is 9.62 Å². The van der Waals surface area contributed by atoms with Crippen LogP contribution in [0, 0.1) is 0 Å². The standard InChI is InChI=1S/C18H20N2O4S/c21-18-14-24-13-12-20(18)16-6-8-17(9-7-16)25(22,23)19-11-10-15-4-2-1-3-5-15/h1-9,19H,10-14H2. The Balaban J connectivity index is 1.63. The van der Waals surface area contributed by atoms with E-state index in [1.165, 1.54) is 12.1 Å². The minimum Gasteiger partial charge on any atom is -0.370 e. The molecule has 0 aromatic heterocycles. The number of nitrogens with zero attached hydrogens (tertiary/aromatic N) is 1. The molecule has 132 valence electrons. The van der Waals surface area contributed by atoms with Crippen LogP contribution in [0.15, 0.2) is 59.5 Å². The number of carbonyl (C=O) groups excluding carboxylic acids is 1. The fourth-order valence-corrected chi connectivity index (χ4v) is 3.69. The number of nitrogens with one attached hydrogen (secondary N) is 1. The first-order chi connectivity index (χ1) is 12.1. The van der Waals surface area contributed by atoms with Crippen LogP contribution >= 0.6 is 0 Å². The van der Waals surface area contributed by atoms with Gasteiger partial charge in [0.25, 0.3) is 5.91 Å². The van der Waals surface area contributed by atoms with Crippen LogP contribution in [0.3, 0.4) is 0 Å². The Morgan fingerprint density at radius 1 is 1.04 bits per heavy atom. The molecule has 1 fully saturated rings. The summed E-state index contributed by atoms with van der Waals surface area (Å²) in [6, 6.07) is 16.0. The Labute approximate surface area is 147 Å². The molecular formula is C18H20N2O4S. The highest BCUT2D eigenvalue weighted by atomic mass is 32.2. The Kier molecular flexibility index (Phi) is 5.47. The molecule has 7 heteroatoms. The van der Waals surface area contributed by atoms with Crippen molar-refractivity contribution in [1.29, 1.82) is 0 Å². The largest absolute Gasteiger partial charge is 0.370 e. The summed E-state index contributed by atoms with van der Waals surface area (Å²) in [7, 11) is -3.57. The van der Waals surface area contributed by atoms with Gasteiger partial charge in [-0.25, -0.2) is 13.1 Å². The van der Waals surface area contributed by atoms with Crippen LogP contribution in [0.2, 0.25) is 0 Å². The normalized spacial score (nSPS) is 15.4. The second kappa shape index (κ2) is 7.77. The van der Waals surface area contributed by atoms with Crippen molar-refractivity contribution in [2.75, 3.05) is 31.2 Å². The number of hydrogen-bond donors (Lipinski definition) is 1.